The zero-order chi connectivity index (χ0) is 28.7. The molecule has 4 nitrogen and oxygen atoms in total. The van der Waals surface area contributed by atoms with Gasteiger partial charge in [-0.25, -0.2) is 4.79 Å². The van der Waals surface area contributed by atoms with Crippen molar-refractivity contribution in [3.63, 3.8) is 0 Å². The van der Waals surface area contributed by atoms with Gasteiger partial charge < -0.3 is 9.47 Å². The van der Waals surface area contributed by atoms with Crippen LogP contribution in [0.3, 0.4) is 0 Å². The number of carbonyl (C=O) groups excluding carboxylic acids is 1. The Hall–Kier alpha value is -3.11. The van der Waals surface area contributed by atoms with Crippen LogP contribution >= 0.6 is 0 Å². The van der Waals surface area contributed by atoms with Crippen LogP contribution in [0.4, 0.5) is 26.3 Å². The Balaban J connectivity index is 2.47. The zero-order valence-electron chi connectivity index (χ0n) is 21.5. The maximum atomic E-state index is 13.4. The van der Waals surface area contributed by atoms with Crippen LogP contribution in [0.15, 0.2) is 73.3 Å². The molecule has 0 heterocycles. The summed E-state index contributed by atoms with van der Waals surface area (Å²) in [6, 6.07) is 10.4. The highest BCUT2D eigenvalue weighted by atomic mass is 19.4. The third-order valence-corrected chi connectivity index (χ3v) is 6.17. The summed E-state index contributed by atoms with van der Waals surface area (Å²) in [5.74, 6) is -0.585. The highest BCUT2D eigenvalue weighted by Gasteiger charge is 2.39. The molecule has 2 aromatic carbocycles. The molecular formula is C28H31F6NO3. The smallest absolute Gasteiger partial charge is 0.416 e. The van der Waals surface area contributed by atoms with E-state index in [9.17, 15) is 31.1 Å². The van der Waals surface area contributed by atoms with Crippen LogP contribution in [0.2, 0.25) is 0 Å². The first-order valence-electron chi connectivity index (χ1n) is 11.8. The van der Waals surface area contributed by atoms with Crippen molar-refractivity contribution in [2.75, 3.05) is 26.8 Å². The van der Waals surface area contributed by atoms with Gasteiger partial charge in [-0.05, 0) is 56.6 Å². The van der Waals surface area contributed by atoms with Crippen LogP contribution in [0.25, 0.3) is 0 Å². The molecule has 0 aromatic heterocycles. The van der Waals surface area contributed by atoms with E-state index in [-0.39, 0.29) is 43.4 Å². The minimum atomic E-state index is -4.97. The number of halogens is 6. The van der Waals surface area contributed by atoms with E-state index >= 15 is 0 Å². The molecule has 2 aromatic rings. The quantitative estimate of drug-likeness (QED) is 0.122. The van der Waals surface area contributed by atoms with Gasteiger partial charge in [-0.1, -0.05) is 43.0 Å². The lowest BCUT2D eigenvalue weighted by molar-refractivity contribution is -0.143. The van der Waals surface area contributed by atoms with Crippen molar-refractivity contribution in [1.29, 1.82) is 0 Å². The number of hydrogen-bond donors (Lipinski definition) is 0. The van der Waals surface area contributed by atoms with E-state index in [0.29, 0.717) is 12.1 Å². The van der Waals surface area contributed by atoms with Gasteiger partial charge in [0.2, 0.25) is 0 Å². The van der Waals surface area contributed by atoms with Crippen molar-refractivity contribution in [3.8, 4) is 0 Å². The molecule has 0 aliphatic carbocycles. The third kappa shape index (κ3) is 7.70. The molecule has 0 saturated carbocycles. The maximum absolute atomic E-state index is 13.4. The van der Waals surface area contributed by atoms with Gasteiger partial charge in [-0.3, -0.25) is 4.90 Å². The first-order chi connectivity index (χ1) is 17.7. The van der Waals surface area contributed by atoms with Crippen LogP contribution in [0.1, 0.15) is 48.6 Å². The topological polar surface area (TPSA) is 38.8 Å². The van der Waals surface area contributed by atoms with Crippen molar-refractivity contribution in [3.05, 3.63) is 95.6 Å². The number of rotatable bonds is 12. The molecule has 2 atom stereocenters. The fraction of sp³-hybridized carbons (Fsp3) is 0.393. The van der Waals surface area contributed by atoms with Gasteiger partial charge >= 0.3 is 18.3 Å². The molecular weight excluding hydrogens is 512 g/mol. The summed E-state index contributed by atoms with van der Waals surface area (Å²) in [7, 11) is 1.71. The summed E-state index contributed by atoms with van der Waals surface area (Å²) in [6.07, 6.45) is -9.17. The van der Waals surface area contributed by atoms with Crippen molar-refractivity contribution >= 4 is 5.97 Å². The van der Waals surface area contributed by atoms with Gasteiger partial charge in [0.05, 0.1) is 36.0 Å². The number of hydrogen-bond acceptors (Lipinski definition) is 4. The second-order valence-corrected chi connectivity index (χ2v) is 8.86. The first kappa shape index (κ1) is 31.1. The van der Waals surface area contributed by atoms with Crippen molar-refractivity contribution in [1.82, 2.24) is 4.90 Å². The second kappa shape index (κ2) is 12.6. The summed E-state index contributed by atoms with van der Waals surface area (Å²) in [4.78, 5) is 14.0. The summed E-state index contributed by atoms with van der Waals surface area (Å²) in [6.45, 7) is 10.7. The predicted molar refractivity (Wildman–Crippen MR) is 132 cm³/mol. The maximum Gasteiger partial charge on any atom is 0.416 e. The van der Waals surface area contributed by atoms with Crippen LogP contribution < -0.4 is 0 Å². The SMILES string of the molecule is C=CC[C@@](CO[C@H](C)c1cc(C(F)(F)F)cc(C(F)(F)F)c1)(c1ccccc1)N(C)CC(=C)C(=O)OCC. The molecule has 38 heavy (non-hydrogen) atoms. The molecule has 2 rings (SSSR count). The van der Waals surface area contributed by atoms with Crippen LogP contribution in [0, 0.1) is 0 Å². The standard InChI is InChI=1S/C28H31F6NO3/c1-6-13-26(22-11-9-8-10-12-22,35(5)17-19(3)25(36)37-7-2)18-38-20(4)21-14-23(27(29,30)31)16-24(15-21)28(32,33)34/h6,8-12,14-16,20H,1,3,7,13,17-18H2,2,4-5H3/t20-,26-/m1/s1. The Labute approximate surface area is 218 Å². The van der Waals surface area contributed by atoms with Crippen molar-refractivity contribution in [2.24, 2.45) is 0 Å². The number of ether oxygens (including phenoxy) is 2. The number of esters is 1. The van der Waals surface area contributed by atoms with Gasteiger partial charge in [-0.2, -0.15) is 26.3 Å². The van der Waals surface area contributed by atoms with Gasteiger partial charge in [0, 0.05) is 12.1 Å². The number of likely N-dealkylation sites (N-methyl/N-ethyl adjacent to an activating group) is 1. The normalized spacial score (nSPS) is 14.6. The molecule has 0 aliphatic heterocycles. The molecule has 208 valence electrons. The van der Waals surface area contributed by atoms with E-state index < -0.39 is 41.1 Å². The van der Waals surface area contributed by atoms with Crippen LogP contribution in [0.5, 0.6) is 0 Å². The zero-order valence-corrected chi connectivity index (χ0v) is 21.5. The lowest BCUT2D eigenvalue weighted by Gasteiger charge is -2.42. The van der Waals surface area contributed by atoms with Gasteiger partial charge in [-0.15, -0.1) is 6.58 Å². The van der Waals surface area contributed by atoms with Crippen molar-refractivity contribution in [2.45, 2.75) is 44.3 Å². The summed E-state index contributed by atoms with van der Waals surface area (Å²) in [5.41, 5.74) is -3.18. The average molecular weight is 544 g/mol. The summed E-state index contributed by atoms with van der Waals surface area (Å²) < 4.78 is 91.2. The predicted octanol–water partition coefficient (Wildman–Crippen LogP) is 7.32. The molecule has 0 N–H and O–H groups in total. The summed E-state index contributed by atoms with van der Waals surface area (Å²) >= 11 is 0. The number of nitrogens with zero attached hydrogens (tertiary/aromatic N) is 1. The van der Waals surface area contributed by atoms with Crippen molar-refractivity contribution < 1.29 is 40.6 Å². The van der Waals surface area contributed by atoms with E-state index in [2.05, 4.69) is 13.2 Å². The molecule has 0 fully saturated rings. The Bertz CT molecular complexity index is 1080. The van der Waals surface area contributed by atoms with Gasteiger partial charge in [0.1, 0.15) is 0 Å². The Morgan fingerprint density at radius 1 is 1.00 bits per heavy atom. The average Bonchev–Trinajstić information content (AvgIpc) is 2.85. The lowest BCUT2D eigenvalue weighted by Crippen LogP contribution is -2.48. The minimum Gasteiger partial charge on any atom is -0.463 e. The summed E-state index contributed by atoms with van der Waals surface area (Å²) in [5, 5.41) is 0. The van der Waals surface area contributed by atoms with E-state index in [1.54, 1.807) is 43.1 Å². The van der Waals surface area contributed by atoms with E-state index in [0.717, 1.165) is 5.56 Å². The highest BCUT2D eigenvalue weighted by Crippen LogP contribution is 2.39. The van der Waals surface area contributed by atoms with Gasteiger partial charge in [0.25, 0.3) is 0 Å². The van der Waals surface area contributed by atoms with E-state index in [1.807, 2.05) is 12.1 Å². The van der Waals surface area contributed by atoms with Gasteiger partial charge in [0.15, 0.2) is 0 Å². The molecule has 0 unspecified atom stereocenters. The highest BCUT2D eigenvalue weighted by molar-refractivity contribution is 5.88. The monoisotopic (exact) mass is 543 g/mol. The number of carbonyl (C=O) groups is 1. The molecule has 0 saturated heterocycles. The molecule has 0 aliphatic rings. The Morgan fingerprint density at radius 2 is 1.55 bits per heavy atom. The van der Waals surface area contributed by atoms with E-state index in [4.69, 9.17) is 9.47 Å². The lowest BCUT2D eigenvalue weighted by atomic mass is 9.85. The first-order valence-corrected chi connectivity index (χ1v) is 11.8. The second-order valence-electron chi connectivity index (χ2n) is 8.86. The number of alkyl halides is 6. The molecule has 0 spiro atoms. The van der Waals surface area contributed by atoms with Crippen LogP contribution in [-0.4, -0.2) is 37.7 Å². The largest absolute Gasteiger partial charge is 0.463 e. The molecule has 0 amide bonds. The van der Waals surface area contributed by atoms with E-state index in [1.165, 1.54) is 6.92 Å². The molecule has 0 radical (unpaired) electrons. The fourth-order valence-electron chi connectivity index (χ4n) is 4.04. The molecule has 0 bridgehead atoms. The third-order valence-electron chi connectivity index (χ3n) is 6.17. The fourth-order valence-corrected chi connectivity index (χ4v) is 4.04. The molecule has 10 heteroatoms. The van der Waals surface area contributed by atoms with Crippen LogP contribution in [-0.2, 0) is 32.2 Å². The number of benzene rings is 2. The Morgan fingerprint density at radius 3 is 2.03 bits per heavy atom. The Kier molecular flexibility index (Phi) is 10.3. The minimum absolute atomic E-state index is 0.0566.